The van der Waals surface area contributed by atoms with Crippen LogP contribution >= 0.6 is 0 Å². The molecule has 24 heavy (non-hydrogen) atoms. The Bertz CT molecular complexity index is 741. The third-order valence-electron chi connectivity index (χ3n) is 4.35. The molecular formula is C17H24N4O2S. The lowest BCUT2D eigenvalue weighted by Crippen LogP contribution is -2.45. The molecule has 0 aliphatic carbocycles. The predicted molar refractivity (Wildman–Crippen MR) is 93.5 cm³/mol. The lowest BCUT2D eigenvalue weighted by Gasteiger charge is -2.30. The molecule has 1 aliphatic heterocycles. The molecule has 0 saturated carbocycles. The molecule has 0 amide bonds. The van der Waals surface area contributed by atoms with Crippen LogP contribution in [0.2, 0.25) is 0 Å². The minimum Gasteiger partial charge on any atom is -0.268 e. The number of nitrogens with zero attached hydrogens (tertiary/aromatic N) is 3. The van der Waals surface area contributed by atoms with Gasteiger partial charge in [0, 0.05) is 32.0 Å². The van der Waals surface area contributed by atoms with Gasteiger partial charge in [-0.15, -0.1) is 0 Å². The highest BCUT2D eigenvalue weighted by Gasteiger charge is 2.26. The summed E-state index contributed by atoms with van der Waals surface area (Å²) in [5.74, 6) is 0.428. The summed E-state index contributed by atoms with van der Waals surface area (Å²) < 4.78 is 30.9. The normalized spacial score (nSPS) is 19.5. The molecule has 0 radical (unpaired) electrons. The highest BCUT2D eigenvalue weighted by atomic mass is 32.2. The summed E-state index contributed by atoms with van der Waals surface area (Å²) in [6.07, 6.45) is 5.71. The molecule has 1 aliphatic rings. The summed E-state index contributed by atoms with van der Waals surface area (Å²) in [6, 6.07) is 9.83. The Morgan fingerprint density at radius 3 is 2.67 bits per heavy atom. The third kappa shape index (κ3) is 4.43. The van der Waals surface area contributed by atoms with E-state index >= 15 is 0 Å². The van der Waals surface area contributed by atoms with Gasteiger partial charge in [0.2, 0.25) is 0 Å². The van der Waals surface area contributed by atoms with Crippen LogP contribution in [0.4, 0.5) is 0 Å². The fourth-order valence-electron chi connectivity index (χ4n) is 2.97. The van der Waals surface area contributed by atoms with Gasteiger partial charge in [0.25, 0.3) is 10.2 Å². The first-order valence-electron chi connectivity index (χ1n) is 8.33. The fourth-order valence-corrected chi connectivity index (χ4v) is 4.33. The van der Waals surface area contributed by atoms with Crippen LogP contribution in [0.3, 0.4) is 0 Å². The molecule has 1 fully saturated rings. The quantitative estimate of drug-likeness (QED) is 0.868. The molecule has 2 aromatic rings. The smallest absolute Gasteiger partial charge is 0.268 e. The van der Waals surface area contributed by atoms with Crippen LogP contribution in [0, 0.1) is 5.92 Å². The topological polar surface area (TPSA) is 67.2 Å². The monoisotopic (exact) mass is 348 g/mol. The largest absolute Gasteiger partial charge is 0.279 e. The summed E-state index contributed by atoms with van der Waals surface area (Å²) in [7, 11) is -3.40. The second kappa shape index (κ2) is 7.46. The zero-order valence-corrected chi connectivity index (χ0v) is 14.7. The van der Waals surface area contributed by atoms with Crippen molar-refractivity contribution in [3.63, 3.8) is 0 Å². The molecule has 7 heteroatoms. The van der Waals surface area contributed by atoms with Crippen molar-refractivity contribution in [2.45, 2.75) is 32.9 Å². The van der Waals surface area contributed by atoms with Crippen LogP contribution < -0.4 is 4.72 Å². The van der Waals surface area contributed by atoms with Gasteiger partial charge in [0.1, 0.15) is 0 Å². The Morgan fingerprint density at radius 2 is 2.00 bits per heavy atom. The van der Waals surface area contributed by atoms with E-state index < -0.39 is 10.2 Å². The molecule has 1 aromatic heterocycles. The molecule has 1 aromatic carbocycles. The number of nitrogens with one attached hydrogen (secondary N) is 1. The van der Waals surface area contributed by atoms with Crippen molar-refractivity contribution < 1.29 is 8.42 Å². The van der Waals surface area contributed by atoms with Gasteiger partial charge in [-0.25, -0.2) is 0 Å². The number of piperidine rings is 1. The zero-order valence-electron chi connectivity index (χ0n) is 13.9. The Labute approximate surface area is 143 Å². The van der Waals surface area contributed by atoms with E-state index in [2.05, 4.69) is 16.7 Å². The van der Waals surface area contributed by atoms with Crippen LogP contribution in [0.15, 0.2) is 42.7 Å². The maximum Gasteiger partial charge on any atom is 0.279 e. The molecule has 1 atom stereocenters. The van der Waals surface area contributed by atoms with Crippen molar-refractivity contribution in [2.75, 3.05) is 13.1 Å². The number of hydrogen-bond donors (Lipinski definition) is 1. The number of benzene rings is 1. The van der Waals surface area contributed by atoms with Crippen LogP contribution in [0.1, 0.15) is 30.9 Å². The molecule has 0 bridgehead atoms. The van der Waals surface area contributed by atoms with Crippen LogP contribution in [0.5, 0.6) is 0 Å². The maximum atomic E-state index is 12.4. The Balaban J connectivity index is 1.56. The Hall–Kier alpha value is -1.70. The second-order valence-electron chi connectivity index (χ2n) is 6.45. The van der Waals surface area contributed by atoms with E-state index in [4.69, 9.17) is 0 Å². The summed E-state index contributed by atoms with van der Waals surface area (Å²) in [4.78, 5) is 0. The van der Waals surface area contributed by atoms with Gasteiger partial charge in [0.05, 0.1) is 6.54 Å². The first kappa shape index (κ1) is 17.1. The van der Waals surface area contributed by atoms with Crippen molar-refractivity contribution >= 4 is 10.2 Å². The number of rotatable bonds is 6. The lowest BCUT2D eigenvalue weighted by atomic mass is 10.0. The van der Waals surface area contributed by atoms with E-state index in [9.17, 15) is 8.42 Å². The standard InChI is InChI=1S/C17H24N4O2S/c1-15-4-2-11-21(13-15)24(22,23)19-12-16-5-7-17(8-6-16)14-20-10-3-9-18-20/h3,5-10,15,19H,2,4,11-14H2,1H3. The highest BCUT2D eigenvalue weighted by Crippen LogP contribution is 2.18. The van der Waals surface area contributed by atoms with Crippen LogP contribution in [-0.2, 0) is 23.3 Å². The minimum atomic E-state index is -3.40. The second-order valence-corrected chi connectivity index (χ2v) is 8.21. The summed E-state index contributed by atoms with van der Waals surface area (Å²) >= 11 is 0. The van der Waals surface area contributed by atoms with Gasteiger partial charge in [-0.2, -0.15) is 22.5 Å². The van der Waals surface area contributed by atoms with E-state index in [0.29, 0.717) is 32.1 Å². The van der Waals surface area contributed by atoms with Crippen molar-refractivity contribution in [3.05, 3.63) is 53.9 Å². The number of hydrogen-bond acceptors (Lipinski definition) is 3. The van der Waals surface area contributed by atoms with Crippen molar-refractivity contribution in [2.24, 2.45) is 5.92 Å². The first-order valence-corrected chi connectivity index (χ1v) is 9.77. The fraction of sp³-hybridized carbons (Fsp3) is 0.471. The van der Waals surface area contributed by atoms with Gasteiger partial charge in [-0.1, -0.05) is 31.2 Å². The van der Waals surface area contributed by atoms with Crippen LogP contribution in [-0.4, -0.2) is 35.6 Å². The minimum absolute atomic E-state index is 0.315. The van der Waals surface area contributed by atoms with Crippen LogP contribution in [0.25, 0.3) is 0 Å². The Kier molecular flexibility index (Phi) is 5.33. The van der Waals surface area contributed by atoms with E-state index in [0.717, 1.165) is 24.0 Å². The van der Waals surface area contributed by atoms with E-state index in [1.165, 1.54) is 0 Å². The molecule has 6 nitrogen and oxygen atoms in total. The summed E-state index contributed by atoms with van der Waals surface area (Å²) in [6.45, 7) is 4.35. The molecule has 0 spiro atoms. The summed E-state index contributed by atoms with van der Waals surface area (Å²) in [5.41, 5.74) is 2.09. The average molecular weight is 348 g/mol. The molecule has 3 rings (SSSR count). The molecule has 1 saturated heterocycles. The lowest BCUT2D eigenvalue weighted by molar-refractivity contribution is 0.278. The molecule has 1 N–H and O–H groups in total. The van der Waals surface area contributed by atoms with Crippen molar-refractivity contribution in [1.82, 2.24) is 18.8 Å². The van der Waals surface area contributed by atoms with E-state index in [1.807, 2.05) is 41.2 Å². The molecule has 130 valence electrons. The Morgan fingerprint density at radius 1 is 1.25 bits per heavy atom. The third-order valence-corrected chi connectivity index (χ3v) is 5.87. The highest BCUT2D eigenvalue weighted by molar-refractivity contribution is 7.87. The predicted octanol–water partition coefficient (Wildman–Crippen LogP) is 2.00. The van der Waals surface area contributed by atoms with Gasteiger partial charge >= 0.3 is 0 Å². The van der Waals surface area contributed by atoms with Gasteiger partial charge < -0.3 is 0 Å². The molecule has 1 unspecified atom stereocenters. The number of aromatic nitrogens is 2. The maximum absolute atomic E-state index is 12.4. The SMILES string of the molecule is CC1CCCN(S(=O)(=O)NCc2ccc(Cn3cccn3)cc2)C1. The molecular weight excluding hydrogens is 324 g/mol. The van der Waals surface area contributed by atoms with Crippen molar-refractivity contribution in [1.29, 1.82) is 0 Å². The van der Waals surface area contributed by atoms with E-state index in [-0.39, 0.29) is 0 Å². The molecule has 2 heterocycles. The van der Waals surface area contributed by atoms with Crippen molar-refractivity contribution in [3.8, 4) is 0 Å². The zero-order chi connectivity index (χ0) is 17.0. The van der Waals surface area contributed by atoms with E-state index in [1.54, 1.807) is 10.5 Å². The van der Waals surface area contributed by atoms with Gasteiger partial charge in [0.15, 0.2) is 0 Å². The van der Waals surface area contributed by atoms with Gasteiger partial charge in [-0.3, -0.25) is 4.68 Å². The van der Waals surface area contributed by atoms with Gasteiger partial charge in [-0.05, 0) is 36.0 Å². The summed E-state index contributed by atoms with van der Waals surface area (Å²) in [5, 5.41) is 4.18. The first-order chi connectivity index (χ1) is 11.5. The average Bonchev–Trinajstić information content (AvgIpc) is 3.07.